The Morgan fingerprint density at radius 2 is 1.89 bits per heavy atom. The van der Waals surface area contributed by atoms with Crippen LogP contribution in [0.3, 0.4) is 0 Å². The van der Waals surface area contributed by atoms with Crippen LogP contribution in [-0.4, -0.2) is 24.4 Å². The molecule has 0 spiro atoms. The number of hydrogen-bond donors (Lipinski definition) is 2. The van der Waals surface area contributed by atoms with Crippen LogP contribution in [0.4, 0.5) is 5.00 Å². The molecular weight excluding hydrogens is 364 g/mol. The van der Waals surface area contributed by atoms with Crippen molar-refractivity contribution in [3.05, 3.63) is 51.9 Å². The molecule has 1 aromatic heterocycles. The Bertz CT molecular complexity index is 853. The molecule has 1 aromatic carbocycles. The summed E-state index contributed by atoms with van der Waals surface area (Å²) >= 11 is 1.33. The highest BCUT2D eigenvalue weighted by Gasteiger charge is 2.29. The van der Waals surface area contributed by atoms with Crippen LogP contribution < -0.4 is 10.6 Å². The monoisotopic (exact) mass is 386 g/mol. The predicted molar refractivity (Wildman–Crippen MR) is 104 cm³/mol. The zero-order chi connectivity index (χ0) is 19.4. The van der Waals surface area contributed by atoms with Crippen molar-refractivity contribution in [1.82, 2.24) is 5.32 Å². The molecule has 142 valence electrons. The number of nitrogens with one attached hydrogen (secondary N) is 2. The molecule has 0 atom stereocenters. The van der Waals surface area contributed by atoms with E-state index in [0.717, 1.165) is 23.3 Å². The van der Waals surface area contributed by atoms with Gasteiger partial charge in [0.15, 0.2) is 0 Å². The Labute approximate surface area is 161 Å². The van der Waals surface area contributed by atoms with Crippen molar-refractivity contribution in [2.24, 2.45) is 5.92 Å². The van der Waals surface area contributed by atoms with E-state index in [1.54, 1.807) is 25.1 Å². The number of benzene rings is 1. The third-order valence-corrected chi connectivity index (χ3v) is 5.17. The molecule has 0 radical (unpaired) electrons. The molecular formula is C20H22N2O4S. The van der Waals surface area contributed by atoms with Crippen LogP contribution in [0, 0.1) is 12.8 Å². The van der Waals surface area contributed by atoms with Gasteiger partial charge in [-0.25, -0.2) is 4.79 Å². The van der Waals surface area contributed by atoms with Gasteiger partial charge in [-0.3, -0.25) is 9.59 Å². The lowest BCUT2D eigenvalue weighted by atomic mass is 10.1. The molecule has 3 rings (SSSR count). The first-order chi connectivity index (χ1) is 13.0. The average molecular weight is 386 g/mol. The van der Waals surface area contributed by atoms with Gasteiger partial charge in [0.05, 0.1) is 12.2 Å². The quantitative estimate of drug-likeness (QED) is 0.713. The number of carbonyl (C=O) groups is 3. The number of hydrogen-bond acceptors (Lipinski definition) is 5. The van der Waals surface area contributed by atoms with Crippen molar-refractivity contribution in [2.75, 3.05) is 11.9 Å². The summed E-state index contributed by atoms with van der Waals surface area (Å²) in [5.41, 5.74) is 1.78. The second-order valence-electron chi connectivity index (χ2n) is 6.46. The molecule has 0 aliphatic heterocycles. The SMILES string of the molecule is CCOC(=O)c1cc(C)sc1NC(=O)c1ccc(CNC(=O)C2CC2)cc1. The van der Waals surface area contributed by atoms with Gasteiger partial charge in [-0.2, -0.15) is 0 Å². The maximum absolute atomic E-state index is 12.5. The molecule has 0 bridgehead atoms. The minimum Gasteiger partial charge on any atom is -0.462 e. The molecule has 27 heavy (non-hydrogen) atoms. The molecule has 7 heteroatoms. The molecule has 0 unspecified atom stereocenters. The maximum atomic E-state index is 12.5. The minimum absolute atomic E-state index is 0.0939. The summed E-state index contributed by atoms with van der Waals surface area (Å²) in [6.07, 6.45) is 1.95. The van der Waals surface area contributed by atoms with Gasteiger partial charge in [-0.05, 0) is 50.5 Å². The first kappa shape index (κ1) is 19.1. The lowest BCUT2D eigenvalue weighted by Crippen LogP contribution is -2.24. The highest BCUT2D eigenvalue weighted by atomic mass is 32.1. The summed E-state index contributed by atoms with van der Waals surface area (Å²) in [6.45, 7) is 4.34. The van der Waals surface area contributed by atoms with Crippen molar-refractivity contribution in [2.45, 2.75) is 33.2 Å². The van der Waals surface area contributed by atoms with Crippen molar-refractivity contribution in [1.29, 1.82) is 0 Å². The molecule has 2 N–H and O–H groups in total. The number of ether oxygens (including phenoxy) is 1. The van der Waals surface area contributed by atoms with Crippen molar-refractivity contribution >= 4 is 34.1 Å². The van der Waals surface area contributed by atoms with Gasteiger partial charge in [-0.1, -0.05) is 12.1 Å². The third-order valence-electron chi connectivity index (χ3n) is 4.21. The zero-order valence-electron chi connectivity index (χ0n) is 15.3. The van der Waals surface area contributed by atoms with Crippen LogP contribution in [0.15, 0.2) is 30.3 Å². The largest absolute Gasteiger partial charge is 0.462 e. The zero-order valence-corrected chi connectivity index (χ0v) is 16.2. The Hall–Kier alpha value is -2.67. The van der Waals surface area contributed by atoms with Gasteiger partial charge in [-0.15, -0.1) is 11.3 Å². The number of aryl methyl sites for hydroxylation is 1. The predicted octanol–water partition coefficient (Wildman–Crippen LogP) is 3.51. The van der Waals surface area contributed by atoms with E-state index >= 15 is 0 Å². The number of amides is 2. The van der Waals surface area contributed by atoms with E-state index in [0.29, 0.717) is 22.7 Å². The fourth-order valence-corrected chi connectivity index (χ4v) is 3.49. The summed E-state index contributed by atoms with van der Waals surface area (Å²) in [5.74, 6) is -0.468. The van der Waals surface area contributed by atoms with Gasteiger partial charge >= 0.3 is 5.97 Å². The van der Waals surface area contributed by atoms with Gasteiger partial charge in [0.1, 0.15) is 5.00 Å². The standard InChI is InChI=1S/C20H22N2O4S/c1-3-26-20(25)16-10-12(2)27-19(16)22-18(24)15-6-4-13(5-7-15)11-21-17(23)14-8-9-14/h4-7,10,14H,3,8-9,11H2,1-2H3,(H,21,23)(H,22,24). The highest BCUT2D eigenvalue weighted by Crippen LogP contribution is 2.29. The summed E-state index contributed by atoms with van der Waals surface area (Å²) in [7, 11) is 0. The van der Waals surface area contributed by atoms with E-state index in [4.69, 9.17) is 4.74 Å². The summed E-state index contributed by atoms with van der Waals surface area (Å²) in [5, 5.41) is 6.17. The van der Waals surface area contributed by atoms with Crippen LogP contribution >= 0.6 is 11.3 Å². The van der Waals surface area contributed by atoms with E-state index in [2.05, 4.69) is 10.6 Å². The third kappa shape index (κ3) is 4.95. The molecule has 1 saturated carbocycles. The normalized spacial score (nSPS) is 13.1. The molecule has 2 aromatic rings. The first-order valence-electron chi connectivity index (χ1n) is 8.93. The lowest BCUT2D eigenvalue weighted by Gasteiger charge is -2.08. The van der Waals surface area contributed by atoms with Crippen molar-refractivity contribution in [3.63, 3.8) is 0 Å². The molecule has 6 nitrogen and oxygen atoms in total. The highest BCUT2D eigenvalue weighted by molar-refractivity contribution is 7.16. The Balaban J connectivity index is 1.62. The van der Waals surface area contributed by atoms with Gasteiger partial charge < -0.3 is 15.4 Å². The maximum Gasteiger partial charge on any atom is 0.341 e. The van der Waals surface area contributed by atoms with E-state index in [1.165, 1.54) is 11.3 Å². The Morgan fingerprint density at radius 3 is 2.52 bits per heavy atom. The van der Waals surface area contributed by atoms with E-state index in [9.17, 15) is 14.4 Å². The van der Waals surface area contributed by atoms with E-state index in [-0.39, 0.29) is 24.3 Å². The number of rotatable bonds is 7. The lowest BCUT2D eigenvalue weighted by molar-refractivity contribution is -0.122. The van der Waals surface area contributed by atoms with Crippen molar-refractivity contribution < 1.29 is 19.1 Å². The van der Waals surface area contributed by atoms with Crippen molar-refractivity contribution in [3.8, 4) is 0 Å². The molecule has 0 saturated heterocycles. The van der Waals surface area contributed by atoms with E-state index in [1.807, 2.05) is 19.1 Å². The van der Waals surface area contributed by atoms with Crippen LogP contribution in [0.1, 0.15) is 50.9 Å². The molecule has 1 heterocycles. The number of thiophene rings is 1. The first-order valence-corrected chi connectivity index (χ1v) is 9.75. The fraction of sp³-hybridized carbons (Fsp3) is 0.350. The Morgan fingerprint density at radius 1 is 1.19 bits per heavy atom. The summed E-state index contributed by atoms with van der Waals surface area (Å²) in [6, 6.07) is 8.75. The second-order valence-corrected chi connectivity index (χ2v) is 7.72. The second kappa shape index (κ2) is 8.35. The van der Waals surface area contributed by atoms with E-state index < -0.39 is 5.97 Å². The molecule has 1 aliphatic rings. The smallest absolute Gasteiger partial charge is 0.341 e. The number of anilines is 1. The van der Waals surface area contributed by atoms with Crippen LogP contribution in [-0.2, 0) is 16.1 Å². The van der Waals surface area contributed by atoms with Gasteiger partial charge in [0.25, 0.3) is 5.91 Å². The summed E-state index contributed by atoms with van der Waals surface area (Å²) < 4.78 is 5.03. The summed E-state index contributed by atoms with van der Waals surface area (Å²) in [4.78, 5) is 37.1. The minimum atomic E-state index is -0.445. The van der Waals surface area contributed by atoms with Gasteiger partial charge in [0, 0.05) is 22.9 Å². The number of esters is 1. The fourth-order valence-electron chi connectivity index (χ4n) is 2.60. The van der Waals surface area contributed by atoms with Crippen LogP contribution in [0.2, 0.25) is 0 Å². The van der Waals surface area contributed by atoms with Gasteiger partial charge in [0.2, 0.25) is 5.91 Å². The average Bonchev–Trinajstić information content (AvgIpc) is 3.44. The number of carbonyl (C=O) groups excluding carboxylic acids is 3. The Kier molecular flexibility index (Phi) is 5.91. The van der Waals surface area contributed by atoms with Crippen LogP contribution in [0.5, 0.6) is 0 Å². The topological polar surface area (TPSA) is 84.5 Å². The molecule has 2 amide bonds. The molecule has 1 fully saturated rings. The molecule has 1 aliphatic carbocycles. The van der Waals surface area contributed by atoms with Crippen LogP contribution in [0.25, 0.3) is 0 Å².